The molecule has 0 radical (unpaired) electrons. The highest BCUT2D eigenvalue weighted by Crippen LogP contribution is 2.15. The molecule has 0 spiro atoms. The standard InChI is InChI=1S/C18H26N2O5/c1-18(2,3)25-16(22)19-14-9-10-20(11-15(14)21)17(23)24-12-13-7-5-4-6-8-13/h4-8,14-15,21H,9-12H2,1-3H3,(H,19,22)/t14?,15-/m1/s1. The number of hydrogen-bond acceptors (Lipinski definition) is 5. The van der Waals surface area contributed by atoms with Gasteiger partial charge in [-0.1, -0.05) is 30.3 Å². The minimum atomic E-state index is -0.870. The molecule has 0 aromatic heterocycles. The molecule has 1 aromatic rings. The Morgan fingerprint density at radius 3 is 2.56 bits per heavy atom. The van der Waals surface area contributed by atoms with Gasteiger partial charge in [0.2, 0.25) is 0 Å². The van der Waals surface area contributed by atoms with Crippen molar-refractivity contribution >= 4 is 12.2 Å². The van der Waals surface area contributed by atoms with E-state index in [1.807, 2.05) is 30.3 Å². The number of rotatable bonds is 3. The molecule has 1 heterocycles. The van der Waals surface area contributed by atoms with Crippen LogP contribution in [0, 0.1) is 0 Å². The molecule has 0 bridgehead atoms. The Labute approximate surface area is 147 Å². The van der Waals surface area contributed by atoms with Crippen molar-refractivity contribution in [3.8, 4) is 0 Å². The van der Waals surface area contributed by atoms with Gasteiger partial charge in [0.25, 0.3) is 0 Å². The fourth-order valence-corrected chi connectivity index (χ4v) is 2.54. The van der Waals surface area contributed by atoms with Crippen LogP contribution in [0.3, 0.4) is 0 Å². The van der Waals surface area contributed by atoms with Crippen LogP contribution >= 0.6 is 0 Å². The zero-order valence-electron chi connectivity index (χ0n) is 14.9. The minimum absolute atomic E-state index is 0.105. The molecule has 1 unspecified atom stereocenters. The maximum Gasteiger partial charge on any atom is 0.410 e. The number of benzene rings is 1. The van der Waals surface area contributed by atoms with E-state index in [-0.39, 0.29) is 13.2 Å². The van der Waals surface area contributed by atoms with Crippen LogP contribution < -0.4 is 5.32 Å². The second-order valence-corrected chi connectivity index (χ2v) is 7.09. The Balaban J connectivity index is 1.78. The average molecular weight is 350 g/mol. The normalized spacial score (nSPS) is 20.7. The number of alkyl carbamates (subject to hydrolysis) is 1. The number of aliphatic hydroxyl groups is 1. The monoisotopic (exact) mass is 350 g/mol. The van der Waals surface area contributed by atoms with Crippen molar-refractivity contribution in [3.05, 3.63) is 35.9 Å². The number of carbonyl (C=O) groups is 2. The molecule has 1 aromatic carbocycles. The molecular formula is C18H26N2O5. The molecule has 0 aliphatic carbocycles. The van der Waals surface area contributed by atoms with E-state index in [1.165, 1.54) is 4.90 Å². The lowest BCUT2D eigenvalue weighted by atomic mass is 10.0. The third-order valence-corrected chi connectivity index (χ3v) is 3.75. The number of nitrogens with one attached hydrogen (secondary N) is 1. The summed E-state index contributed by atoms with van der Waals surface area (Å²) < 4.78 is 10.4. The second kappa shape index (κ2) is 8.20. The highest BCUT2D eigenvalue weighted by molar-refractivity contribution is 5.69. The summed E-state index contributed by atoms with van der Waals surface area (Å²) in [6.07, 6.45) is -1.48. The smallest absolute Gasteiger partial charge is 0.410 e. The van der Waals surface area contributed by atoms with Crippen molar-refractivity contribution < 1.29 is 24.2 Å². The summed E-state index contributed by atoms with van der Waals surface area (Å²) in [7, 11) is 0. The number of hydrogen-bond donors (Lipinski definition) is 2. The molecule has 25 heavy (non-hydrogen) atoms. The molecule has 1 aliphatic heterocycles. The summed E-state index contributed by atoms with van der Waals surface area (Å²) in [5.41, 5.74) is 0.301. The summed E-state index contributed by atoms with van der Waals surface area (Å²) in [5.74, 6) is 0. The quantitative estimate of drug-likeness (QED) is 0.873. The Morgan fingerprint density at radius 2 is 1.96 bits per heavy atom. The molecule has 2 amide bonds. The first-order valence-corrected chi connectivity index (χ1v) is 8.38. The van der Waals surface area contributed by atoms with Crippen LogP contribution in [-0.4, -0.2) is 53.0 Å². The van der Waals surface area contributed by atoms with Crippen LogP contribution in [0.2, 0.25) is 0 Å². The summed E-state index contributed by atoms with van der Waals surface area (Å²) >= 11 is 0. The van der Waals surface area contributed by atoms with Crippen LogP contribution in [0.25, 0.3) is 0 Å². The van der Waals surface area contributed by atoms with Gasteiger partial charge in [-0.15, -0.1) is 0 Å². The van der Waals surface area contributed by atoms with E-state index in [1.54, 1.807) is 20.8 Å². The zero-order valence-corrected chi connectivity index (χ0v) is 14.9. The zero-order chi connectivity index (χ0) is 18.4. The fraction of sp³-hybridized carbons (Fsp3) is 0.556. The first-order chi connectivity index (χ1) is 11.7. The van der Waals surface area contributed by atoms with Crippen LogP contribution in [-0.2, 0) is 16.1 Å². The maximum absolute atomic E-state index is 12.1. The third-order valence-electron chi connectivity index (χ3n) is 3.75. The van der Waals surface area contributed by atoms with Crippen LogP contribution in [0.4, 0.5) is 9.59 Å². The van der Waals surface area contributed by atoms with Crippen LogP contribution in [0.5, 0.6) is 0 Å². The van der Waals surface area contributed by atoms with Crippen molar-refractivity contribution in [1.29, 1.82) is 0 Å². The van der Waals surface area contributed by atoms with E-state index >= 15 is 0 Å². The van der Waals surface area contributed by atoms with Crippen molar-refractivity contribution in [1.82, 2.24) is 10.2 Å². The lowest BCUT2D eigenvalue weighted by Gasteiger charge is -2.35. The predicted molar refractivity (Wildman–Crippen MR) is 92.0 cm³/mol. The minimum Gasteiger partial charge on any atom is -0.445 e. The van der Waals surface area contributed by atoms with E-state index in [9.17, 15) is 14.7 Å². The number of nitrogens with zero attached hydrogens (tertiary/aromatic N) is 1. The second-order valence-electron chi connectivity index (χ2n) is 7.09. The number of aliphatic hydroxyl groups excluding tert-OH is 1. The first-order valence-electron chi connectivity index (χ1n) is 8.38. The molecule has 1 aliphatic rings. The molecule has 2 atom stereocenters. The molecule has 2 N–H and O–H groups in total. The van der Waals surface area contributed by atoms with Gasteiger partial charge in [-0.3, -0.25) is 0 Å². The van der Waals surface area contributed by atoms with Crippen LogP contribution in [0.1, 0.15) is 32.8 Å². The molecule has 1 saturated heterocycles. The van der Waals surface area contributed by atoms with Gasteiger partial charge in [0.15, 0.2) is 0 Å². The van der Waals surface area contributed by atoms with Crippen molar-refractivity contribution in [3.63, 3.8) is 0 Å². The van der Waals surface area contributed by atoms with Crippen LogP contribution in [0.15, 0.2) is 30.3 Å². The van der Waals surface area contributed by atoms with Gasteiger partial charge in [0.05, 0.1) is 18.7 Å². The summed E-state index contributed by atoms with van der Waals surface area (Å²) in [5, 5.41) is 12.9. The van der Waals surface area contributed by atoms with Crippen molar-refractivity contribution in [2.45, 2.75) is 51.5 Å². The highest BCUT2D eigenvalue weighted by atomic mass is 16.6. The molecule has 138 valence electrons. The van der Waals surface area contributed by atoms with Gasteiger partial charge in [-0.2, -0.15) is 0 Å². The lowest BCUT2D eigenvalue weighted by molar-refractivity contribution is 0.0156. The van der Waals surface area contributed by atoms with E-state index in [0.29, 0.717) is 13.0 Å². The summed E-state index contributed by atoms with van der Waals surface area (Å²) in [6, 6.07) is 8.94. The number of β-amino-alcohol motifs (C(OH)–C–C–N with tert-alkyl or cyclic N) is 1. The van der Waals surface area contributed by atoms with Gasteiger partial charge in [0, 0.05) is 6.54 Å². The average Bonchev–Trinajstić information content (AvgIpc) is 2.53. The topological polar surface area (TPSA) is 88.1 Å². The van der Waals surface area contributed by atoms with E-state index in [4.69, 9.17) is 9.47 Å². The number of carbonyl (C=O) groups excluding carboxylic acids is 2. The Hall–Kier alpha value is -2.28. The summed E-state index contributed by atoms with van der Waals surface area (Å²) in [6.45, 7) is 6.00. The number of likely N-dealkylation sites (tertiary alicyclic amines) is 1. The Kier molecular flexibility index (Phi) is 6.25. The number of ether oxygens (including phenoxy) is 2. The van der Waals surface area contributed by atoms with Gasteiger partial charge in [-0.05, 0) is 32.8 Å². The molecule has 0 saturated carbocycles. The largest absolute Gasteiger partial charge is 0.445 e. The third kappa shape index (κ3) is 6.26. The molecule has 1 fully saturated rings. The van der Waals surface area contributed by atoms with Crippen molar-refractivity contribution in [2.75, 3.05) is 13.1 Å². The van der Waals surface area contributed by atoms with E-state index in [0.717, 1.165) is 5.56 Å². The predicted octanol–water partition coefficient (Wildman–Crippen LogP) is 2.28. The Morgan fingerprint density at radius 1 is 1.28 bits per heavy atom. The van der Waals surface area contributed by atoms with Gasteiger partial charge < -0.3 is 24.8 Å². The van der Waals surface area contributed by atoms with Crippen molar-refractivity contribution in [2.24, 2.45) is 0 Å². The molecule has 2 rings (SSSR count). The SMILES string of the molecule is CC(C)(C)OC(=O)NC1CCN(C(=O)OCc2ccccc2)C[C@H]1O. The van der Waals surface area contributed by atoms with E-state index < -0.39 is 29.9 Å². The molecule has 7 heteroatoms. The molecular weight excluding hydrogens is 324 g/mol. The van der Waals surface area contributed by atoms with Gasteiger partial charge in [0.1, 0.15) is 12.2 Å². The number of piperidine rings is 1. The summed E-state index contributed by atoms with van der Waals surface area (Å²) in [4.78, 5) is 25.4. The fourth-order valence-electron chi connectivity index (χ4n) is 2.54. The van der Waals surface area contributed by atoms with Gasteiger partial charge in [-0.25, -0.2) is 9.59 Å². The lowest BCUT2D eigenvalue weighted by Crippen LogP contribution is -2.55. The highest BCUT2D eigenvalue weighted by Gasteiger charge is 2.32. The van der Waals surface area contributed by atoms with E-state index in [2.05, 4.69) is 5.32 Å². The number of amides is 2. The first kappa shape index (κ1) is 19.1. The maximum atomic E-state index is 12.1. The Bertz CT molecular complexity index is 585. The van der Waals surface area contributed by atoms with Gasteiger partial charge >= 0.3 is 12.2 Å². The molecule has 7 nitrogen and oxygen atoms in total.